The molecular formula is C6H12N2O2S. The lowest BCUT2D eigenvalue weighted by molar-refractivity contribution is 0.432. The summed E-state index contributed by atoms with van der Waals surface area (Å²) in [6.45, 7) is 0.476. The summed E-state index contributed by atoms with van der Waals surface area (Å²) in [5.41, 5.74) is 0. The van der Waals surface area contributed by atoms with Crippen molar-refractivity contribution in [3.8, 4) is 6.07 Å². The van der Waals surface area contributed by atoms with Gasteiger partial charge >= 0.3 is 0 Å². The van der Waals surface area contributed by atoms with Crippen LogP contribution in [0.4, 0.5) is 0 Å². The van der Waals surface area contributed by atoms with E-state index in [4.69, 9.17) is 5.26 Å². The molecule has 5 heteroatoms. The molecule has 11 heavy (non-hydrogen) atoms. The van der Waals surface area contributed by atoms with E-state index in [1.165, 1.54) is 0 Å². The minimum atomic E-state index is -3.13. The smallest absolute Gasteiger partial charge is 0.164 e. The summed E-state index contributed by atoms with van der Waals surface area (Å²) in [4.78, 5) is 1.77. The molecule has 0 saturated heterocycles. The largest absolute Gasteiger partial charge is 0.308 e. The van der Waals surface area contributed by atoms with E-state index in [0.717, 1.165) is 0 Å². The fourth-order valence-electron chi connectivity index (χ4n) is 0.492. The first kappa shape index (κ1) is 10.4. The van der Waals surface area contributed by atoms with Crippen LogP contribution in [0.1, 0.15) is 0 Å². The number of sulfone groups is 1. The molecule has 0 bridgehead atoms. The van der Waals surface area contributed by atoms with Crippen LogP contribution in [0.25, 0.3) is 0 Å². The lowest BCUT2D eigenvalue weighted by atomic mass is 10.7. The number of nitrogens with zero attached hydrogens (tertiary/aromatic N) is 2. The van der Waals surface area contributed by atoms with Gasteiger partial charge in [0.2, 0.25) is 0 Å². The third kappa shape index (κ3) is 5.83. The number of rotatable bonds is 4. The van der Waals surface area contributed by atoms with Gasteiger partial charge in [0.15, 0.2) is 9.84 Å². The lowest BCUT2D eigenvalue weighted by Gasteiger charge is -2.07. The molecule has 0 radical (unpaired) electrons. The highest BCUT2D eigenvalue weighted by Gasteiger charge is 2.09. The van der Waals surface area contributed by atoms with Crippen molar-refractivity contribution in [1.82, 2.24) is 4.90 Å². The van der Waals surface area contributed by atoms with Crippen molar-refractivity contribution < 1.29 is 8.42 Å². The summed E-state index contributed by atoms with van der Waals surface area (Å²) in [6, 6.07) is 1.63. The van der Waals surface area contributed by atoms with Crippen LogP contribution in [0, 0.1) is 11.3 Å². The van der Waals surface area contributed by atoms with Crippen LogP contribution in [0.15, 0.2) is 0 Å². The Bertz CT molecular complexity index is 238. The maximum absolute atomic E-state index is 10.9. The highest BCUT2D eigenvalue weighted by molar-refractivity contribution is 7.91. The van der Waals surface area contributed by atoms with Gasteiger partial charge in [-0.05, 0) is 14.1 Å². The molecule has 0 aliphatic rings. The SMILES string of the molecule is CN(C)CCS(=O)(=O)CC#N. The van der Waals surface area contributed by atoms with Crippen LogP contribution < -0.4 is 0 Å². The number of nitriles is 1. The van der Waals surface area contributed by atoms with E-state index in [2.05, 4.69) is 0 Å². The van der Waals surface area contributed by atoms with Gasteiger partial charge in [0.05, 0.1) is 11.8 Å². The van der Waals surface area contributed by atoms with Gasteiger partial charge in [-0.2, -0.15) is 5.26 Å². The van der Waals surface area contributed by atoms with Crippen molar-refractivity contribution in [3.63, 3.8) is 0 Å². The third-order valence-electron chi connectivity index (χ3n) is 1.13. The van der Waals surface area contributed by atoms with Crippen LogP contribution >= 0.6 is 0 Å². The minimum absolute atomic E-state index is 0.0631. The lowest BCUT2D eigenvalue weighted by Crippen LogP contribution is -2.23. The molecule has 0 fully saturated rings. The second-order valence-electron chi connectivity index (χ2n) is 2.55. The molecule has 0 amide bonds. The molecule has 0 atom stereocenters. The third-order valence-corrected chi connectivity index (χ3v) is 2.51. The Morgan fingerprint density at radius 2 is 2.00 bits per heavy atom. The number of hydrogen-bond donors (Lipinski definition) is 0. The Morgan fingerprint density at radius 1 is 1.45 bits per heavy atom. The summed E-state index contributed by atoms with van der Waals surface area (Å²) < 4.78 is 21.8. The molecule has 0 heterocycles. The molecule has 0 aromatic heterocycles. The second-order valence-corrected chi connectivity index (χ2v) is 4.74. The summed E-state index contributed by atoms with van der Waals surface area (Å²) in [5, 5.41) is 8.12. The second kappa shape index (κ2) is 4.31. The molecule has 0 aliphatic carbocycles. The van der Waals surface area contributed by atoms with Crippen molar-refractivity contribution in [2.45, 2.75) is 0 Å². The average Bonchev–Trinajstić information content (AvgIpc) is 1.84. The fraction of sp³-hybridized carbons (Fsp3) is 0.833. The van der Waals surface area contributed by atoms with E-state index in [0.29, 0.717) is 6.54 Å². The van der Waals surface area contributed by atoms with Crippen molar-refractivity contribution in [2.75, 3.05) is 32.1 Å². The van der Waals surface area contributed by atoms with Crippen LogP contribution in [-0.4, -0.2) is 45.5 Å². The van der Waals surface area contributed by atoms with E-state index in [-0.39, 0.29) is 11.5 Å². The van der Waals surface area contributed by atoms with Crippen LogP contribution in [0.2, 0.25) is 0 Å². The molecule has 0 spiro atoms. The summed E-state index contributed by atoms with van der Waals surface area (Å²) in [6.07, 6.45) is 0. The Labute approximate surface area is 67.3 Å². The normalized spacial score (nSPS) is 11.5. The predicted molar refractivity (Wildman–Crippen MR) is 42.8 cm³/mol. The molecule has 0 aliphatic heterocycles. The predicted octanol–water partition coefficient (Wildman–Crippen LogP) is -0.514. The quantitative estimate of drug-likeness (QED) is 0.578. The molecule has 0 aromatic rings. The zero-order valence-electron chi connectivity index (χ0n) is 6.74. The minimum Gasteiger partial charge on any atom is -0.308 e. The van der Waals surface area contributed by atoms with Crippen molar-refractivity contribution >= 4 is 9.84 Å². The first-order valence-corrected chi connectivity index (χ1v) is 5.02. The summed E-state index contributed by atoms with van der Waals surface area (Å²) in [7, 11) is 0.458. The first-order valence-electron chi connectivity index (χ1n) is 3.20. The van der Waals surface area contributed by atoms with Crippen molar-refractivity contribution in [2.24, 2.45) is 0 Å². The summed E-state index contributed by atoms with van der Waals surface area (Å²) >= 11 is 0. The van der Waals surface area contributed by atoms with Crippen LogP contribution in [0.5, 0.6) is 0 Å². The molecule has 0 aromatic carbocycles. The van der Waals surface area contributed by atoms with Gasteiger partial charge in [-0.3, -0.25) is 0 Å². The van der Waals surface area contributed by atoms with E-state index < -0.39 is 9.84 Å². The topological polar surface area (TPSA) is 61.2 Å². The van der Waals surface area contributed by atoms with Gasteiger partial charge in [-0.25, -0.2) is 8.42 Å². The van der Waals surface area contributed by atoms with Gasteiger partial charge in [0, 0.05) is 6.54 Å². The maximum Gasteiger partial charge on any atom is 0.164 e. The maximum atomic E-state index is 10.9. The van der Waals surface area contributed by atoms with Crippen LogP contribution in [0.3, 0.4) is 0 Å². The molecule has 0 saturated carbocycles. The van der Waals surface area contributed by atoms with E-state index in [1.807, 2.05) is 0 Å². The number of hydrogen-bond acceptors (Lipinski definition) is 4. The Kier molecular flexibility index (Phi) is 4.08. The van der Waals surface area contributed by atoms with Gasteiger partial charge in [-0.1, -0.05) is 0 Å². The molecule has 0 rings (SSSR count). The Morgan fingerprint density at radius 3 is 2.36 bits per heavy atom. The Hall–Kier alpha value is -0.600. The van der Waals surface area contributed by atoms with Crippen molar-refractivity contribution in [1.29, 1.82) is 5.26 Å². The monoisotopic (exact) mass is 176 g/mol. The zero-order chi connectivity index (χ0) is 8.91. The van der Waals surface area contributed by atoms with Gasteiger partial charge < -0.3 is 4.90 Å². The fourth-order valence-corrected chi connectivity index (χ4v) is 1.48. The highest BCUT2D eigenvalue weighted by atomic mass is 32.2. The average molecular weight is 176 g/mol. The van der Waals surface area contributed by atoms with E-state index in [9.17, 15) is 8.42 Å². The zero-order valence-corrected chi connectivity index (χ0v) is 7.56. The van der Waals surface area contributed by atoms with Gasteiger partial charge in [0.25, 0.3) is 0 Å². The van der Waals surface area contributed by atoms with E-state index in [1.54, 1.807) is 25.1 Å². The molecule has 4 nitrogen and oxygen atoms in total. The van der Waals surface area contributed by atoms with E-state index >= 15 is 0 Å². The molecule has 0 N–H and O–H groups in total. The van der Waals surface area contributed by atoms with Crippen molar-refractivity contribution in [3.05, 3.63) is 0 Å². The highest BCUT2D eigenvalue weighted by Crippen LogP contribution is 1.89. The Balaban J connectivity index is 3.87. The molecular weight excluding hydrogens is 164 g/mol. The molecule has 64 valence electrons. The van der Waals surface area contributed by atoms with Crippen LogP contribution in [-0.2, 0) is 9.84 Å². The first-order chi connectivity index (χ1) is 4.98. The summed E-state index contributed by atoms with van der Waals surface area (Å²) in [5.74, 6) is -0.311. The molecule has 0 unspecified atom stereocenters. The van der Waals surface area contributed by atoms with Gasteiger partial charge in [-0.15, -0.1) is 0 Å². The van der Waals surface area contributed by atoms with Gasteiger partial charge in [0.1, 0.15) is 5.75 Å². The standard InChI is InChI=1S/C6H12N2O2S/c1-8(2)4-6-11(9,10)5-3-7/h4-6H2,1-2H3.